The molecule has 0 aliphatic carbocycles. The Morgan fingerprint density at radius 2 is 1.15 bits per heavy atom. The van der Waals surface area contributed by atoms with E-state index in [1.165, 1.54) is 19.3 Å². The molecule has 0 saturated carbocycles. The highest BCUT2D eigenvalue weighted by atomic mass is 14.2. The standard InChI is InChI=1S/C13H24/c1-7-13(8-2,9-3)11-10-12(4,5)6/h7-9H2,1-6H3. The van der Waals surface area contributed by atoms with Crippen LogP contribution in [0.2, 0.25) is 0 Å². The molecule has 0 aromatic rings. The van der Waals surface area contributed by atoms with E-state index in [-0.39, 0.29) is 10.8 Å². The maximum absolute atomic E-state index is 3.47. The predicted molar refractivity (Wildman–Crippen MR) is 60.5 cm³/mol. The van der Waals surface area contributed by atoms with E-state index in [1.54, 1.807) is 0 Å². The summed E-state index contributed by atoms with van der Waals surface area (Å²) in [6.45, 7) is 13.2. The molecule has 0 spiro atoms. The topological polar surface area (TPSA) is 0 Å². The minimum absolute atomic E-state index is 0.144. The van der Waals surface area contributed by atoms with Crippen molar-refractivity contribution < 1.29 is 0 Å². The molecule has 0 fully saturated rings. The van der Waals surface area contributed by atoms with E-state index in [4.69, 9.17) is 0 Å². The van der Waals surface area contributed by atoms with Crippen molar-refractivity contribution in [2.24, 2.45) is 10.8 Å². The summed E-state index contributed by atoms with van der Waals surface area (Å²) in [6.07, 6.45) is 3.51. The molecule has 0 heteroatoms. The molecule has 0 saturated heterocycles. The highest BCUT2D eigenvalue weighted by Gasteiger charge is 2.21. The van der Waals surface area contributed by atoms with Gasteiger partial charge in [-0.05, 0) is 40.0 Å². The fraction of sp³-hybridized carbons (Fsp3) is 0.846. The van der Waals surface area contributed by atoms with Crippen molar-refractivity contribution in [3.8, 4) is 11.8 Å². The SMILES string of the molecule is CCC(C#CC(C)(C)C)(CC)CC. The molecule has 13 heavy (non-hydrogen) atoms. The lowest BCUT2D eigenvalue weighted by molar-refractivity contribution is 0.355. The Kier molecular flexibility index (Phi) is 4.54. The quantitative estimate of drug-likeness (QED) is 0.569. The van der Waals surface area contributed by atoms with E-state index in [1.807, 2.05) is 0 Å². The van der Waals surface area contributed by atoms with Crippen LogP contribution in [0.25, 0.3) is 0 Å². The summed E-state index contributed by atoms with van der Waals surface area (Å²) in [5.74, 6) is 6.84. The molecule has 0 nitrogen and oxygen atoms in total. The van der Waals surface area contributed by atoms with Gasteiger partial charge in [0.15, 0.2) is 0 Å². The second kappa shape index (κ2) is 4.70. The third-order valence-electron chi connectivity index (χ3n) is 2.73. The van der Waals surface area contributed by atoms with E-state index in [2.05, 4.69) is 53.4 Å². The molecule has 76 valence electrons. The third-order valence-corrected chi connectivity index (χ3v) is 2.73. The van der Waals surface area contributed by atoms with E-state index in [0.29, 0.717) is 0 Å². The van der Waals surface area contributed by atoms with Crippen LogP contribution in [0, 0.1) is 22.7 Å². The minimum atomic E-state index is 0.144. The Labute approximate surface area is 84.1 Å². The fourth-order valence-electron chi connectivity index (χ4n) is 1.34. The Bertz CT molecular complexity index is 182. The van der Waals surface area contributed by atoms with Gasteiger partial charge in [0.05, 0.1) is 0 Å². The van der Waals surface area contributed by atoms with Crippen LogP contribution in [0.15, 0.2) is 0 Å². The van der Waals surface area contributed by atoms with Gasteiger partial charge in [0, 0.05) is 10.8 Å². The van der Waals surface area contributed by atoms with Crippen molar-refractivity contribution >= 4 is 0 Å². The van der Waals surface area contributed by atoms with Crippen LogP contribution in [0.1, 0.15) is 60.8 Å². The largest absolute Gasteiger partial charge is 0.0968 e. The number of hydrogen-bond donors (Lipinski definition) is 0. The molecule has 0 aromatic carbocycles. The molecule has 0 atom stereocenters. The van der Waals surface area contributed by atoms with Gasteiger partial charge in [0.2, 0.25) is 0 Å². The van der Waals surface area contributed by atoms with Gasteiger partial charge in [0.25, 0.3) is 0 Å². The summed E-state index contributed by atoms with van der Waals surface area (Å²) in [4.78, 5) is 0. The van der Waals surface area contributed by atoms with Crippen molar-refractivity contribution in [2.75, 3.05) is 0 Å². The van der Waals surface area contributed by atoms with Crippen molar-refractivity contribution in [2.45, 2.75) is 60.8 Å². The molecule has 0 bridgehead atoms. The maximum Gasteiger partial charge on any atom is 0.0307 e. The highest BCUT2D eigenvalue weighted by molar-refractivity contribution is 5.15. The van der Waals surface area contributed by atoms with Gasteiger partial charge in [-0.3, -0.25) is 0 Å². The van der Waals surface area contributed by atoms with Gasteiger partial charge in [-0.1, -0.05) is 32.6 Å². The summed E-state index contributed by atoms with van der Waals surface area (Å²) in [7, 11) is 0. The molecule has 0 amide bonds. The lowest BCUT2D eigenvalue weighted by Crippen LogP contribution is -2.16. The summed E-state index contributed by atoms with van der Waals surface area (Å²) >= 11 is 0. The van der Waals surface area contributed by atoms with Gasteiger partial charge in [-0.15, -0.1) is 0 Å². The first-order valence-corrected chi connectivity index (χ1v) is 5.43. The van der Waals surface area contributed by atoms with E-state index < -0.39 is 0 Å². The highest BCUT2D eigenvalue weighted by Crippen LogP contribution is 2.29. The second-order valence-corrected chi connectivity index (χ2v) is 4.84. The van der Waals surface area contributed by atoms with Gasteiger partial charge in [-0.2, -0.15) is 0 Å². The maximum atomic E-state index is 3.47. The second-order valence-electron chi connectivity index (χ2n) is 4.84. The first kappa shape index (κ1) is 12.6. The Balaban J connectivity index is 4.66. The summed E-state index contributed by atoms with van der Waals surface area (Å²) in [5.41, 5.74) is 0.415. The zero-order chi connectivity index (χ0) is 10.5. The summed E-state index contributed by atoms with van der Waals surface area (Å²) in [6, 6.07) is 0. The fourth-order valence-corrected chi connectivity index (χ4v) is 1.34. The average Bonchev–Trinajstić information content (AvgIpc) is 2.06. The van der Waals surface area contributed by atoms with Gasteiger partial charge in [-0.25, -0.2) is 0 Å². The lowest BCUT2D eigenvalue weighted by atomic mass is 9.79. The monoisotopic (exact) mass is 180 g/mol. The Morgan fingerprint density at radius 1 is 0.769 bits per heavy atom. The molecule has 0 aliphatic rings. The molecular formula is C13H24. The molecule has 0 unspecified atom stereocenters. The zero-order valence-corrected chi connectivity index (χ0v) is 10.1. The van der Waals surface area contributed by atoms with Crippen LogP contribution in [-0.2, 0) is 0 Å². The van der Waals surface area contributed by atoms with Crippen LogP contribution < -0.4 is 0 Å². The molecular weight excluding hydrogens is 156 g/mol. The molecule has 0 N–H and O–H groups in total. The minimum Gasteiger partial charge on any atom is -0.0968 e. The van der Waals surface area contributed by atoms with Crippen LogP contribution >= 0.6 is 0 Å². The van der Waals surface area contributed by atoms with Crippen molar-refractivity contribution in [1.82, 2.24) is 0 Å². The van der Waals surface area contributed by atoms with Gasteiger partial charge >= 0.3 is 0 Å². The molecule has 0 heterocycles. The predicted octanol–water partition coefficient (Wildman–Crippen LogP) is 4.25. The van der Waals surface area contributed by atoms with Crippen LogP contribution in [0.3, 0.4) is 0 Å². The molecule has 0 radical (unpaired) electrons. The Hall–Kier alpha value is -0.440. The summed E-state index contributed by atoms with van der Waals surface area (Å²) in [5, 5.41) is 0. The van der Waals surface area contributed by atoms with Crippen molar-refractivity contribution in [3.63, 3.8) is 0 Å². The van der Waals surface area contributed by atoms with Crippen LogP contribution in [0.5, 0.6) is 0 Å². The van der Waals surface area contributed by atoms with Gasteiger partial charge < -0.3 is 0 Å². The zero-order valence-electron chi connectivity index (χ0n) is 10.1. The summed E-state index contributed by atoms with van der Waals surface area (Å²) < 4.78 is 0. The average molecular weight is 180 g/mol. The van der Waals surface area contributed by atoms with E-state index in [9.17, 15) is 0 Å². The molecule has 0 aliphatic heterocycles. The van der Waals surface area contributed by atoms with Crippen molar-refractivity contribution in [3.05, 3.63) is 0 Å². The first-order valence-electron chi connectivity index (χ1n) is 5.43. The smallest absolute Gasteiger partial charge is 0.0307 e. The van der Waals surface area contributed by atoms with Crippen LogP contribution in [0.4, 0.5) is 0 Å². The third kappa shape index (κ3) is 4.36. The normalized spacial score (nSPS) is 12.2. The van der Waals surface area contributed by atoms with Gasteiger partial charge in [0.1, 0.15) is 0 Å². The Morgan fingerprint density at radius 3 is 1.38 bits per heavy atom. The number of rotatable bonds is 3. The first-order chi connectivity index (χ1) is 5.89. The molecule has 0 aromatic heterocycles. The van der Waals surface area contributed by atoms with Crippen molar-refractivity contribution in [1.29, 1.82) is 0 Å². The van der Waals surface area contributed by atoms with E-state index in [0.717, 1.165) is 0 Å². The lowest BCUT2D eigenvalue weighted by Gasteiger charge is -2.24. The molecule has 0 rings (SSSR count). The van der Waals surface area contributed by atoms with E-state index >= 15 is 0 Å². The number of hydrogen-bond acceptors (Lipinski definition) is 0. The van der Waals surface area contributed by atoms with Crippen LogP contribution in [-0.4, -0.2) is 0 Å².